The molecule has 0 unspecified atom stereocenters. The number of aromatic nitrogens is 1. The fourth-order valence-electron chi connectivity index (χ4n) is 1.87. The number of nitrogen functional groups attached to an aromatic ring is 1. The van der Waals surface area contributed by atoms with Crippen LogP contribution in [0.2, 0.25) is 0 Å². The summed E-state index contributed by atoms with van der Waals surface area (Å²) in [6.45, 7) is 4.15. The van der Waals surface area contributed by atoms with Gasteiger partial charge in [0, 0.05) is 24.6 Å². The normalized spacial score (nSPS) is 11.6. The van der Waals surface area contributed by atoms with Crippen LogP contribution >= 0.6 is 0 Å². The lowest BCUT2D eigenvalue weighted by Gasteiger charge is -2.22. The summed E-state index contributed by atoms with van der Waals surface area (Å²) in [6.07, 6.45) is 0.609. The average molecular weight is 288 g/mol. The molecule has 0 atom stereocenters. The Labute approximate surface area is 124 Å². The Kier molecular flexibility index (Phi) is 4.43. The molecule has 1 heterocycles. The van der Waals surface area contributed by atoms with Gasteiger partial charge in [0.25, 0.3) is 0 Å². The summed E-state index contributed by atoms with van der Waals surface area (Å²) in [5, 5.41) is 0.828. The number of para-hydroxylation sites is 1. The minimum Gasteiger partial charge on any atom is -0.461 e. The second-order valence-corrected chi connectivity index (χ2v) is 5.46. The summed E-state index contributed by atoms with van der Waals surface area (Å²) in [5.74, 6) is -0.473. The van der Waals surface area contributed by atoms with E-state index in [1.807, 2.05) is 38.1 Å². The number of carbonyl (C=O) groups is 1. The molecule has 0 aliphatic carbocycles. The van der Waals surface area contributed by atoms with Crippen molar-refractivity contribution in [2.24, 2.45) is 0 Å². The van der Waals surface area contributed by atoms with Crippen molar-refractivity contribution >= 4 is 22.6 Å². The first-order valence-electron chi connectivity index (χ1n) is 6.80. The summed E-state index contributed by atoms with van der Waals surface area (Å²) < 4.78 is 10.5. The Hall–Kier alpha value is -2.14. The highest BCUT2D eigenvalue weighted by molar-refractivity contribution is 5.96. The first kappa shape index (κ1) is 15.3. The lowest BCUT2D eigenvalue weighted by molar-refractivity contribution is -0.00579. The minimum absolute atomic E-state index is 0.224. The monoisotopic (exact) mass is 288 g/mol. The van der Waals surface area contributed by atoms with Gasteiger partial charge >= 0.3 is 5.97 Å². The topological polar surface area (TPSA) is 74.4 Å². The quantitative estimate of drug-likeness (QED) is 0.856. The maximum atomic E-state index is 12.0. The molecule has 1 aromatic carbocycles. The van der Waals surface area contributed by atoms with Gasteiger partial charge in [0.15, 0.2) is 5.69 Å². The highest BCUT2D eigenvalue weighted by atomic mass is 16.5. The maximum Gasteiger partial charge on any atom is 0.357 e. The highest BCUT2D eigenvalue weighted by Gasteiger charge is 2.18. The Balaban J connectivity index is 2.09. The van der Waals surface area contributed by atoms with E-state index in [2.05, 4.69) is 4.98 Å². The number of fused-ring (bicyclic) bond motifs is 1. The first-order valence-corrected chi connectivity index (χ1v) is 6.80. The zero-order valence-electron chi connectivity index (χ0n) is 12.6. The number of rotatable bonds is 5. The van der Waals surface area contributed by atoms with Crippen LogP contribution in [0, 0.1) is 0 Å². The van der Waals surface area contributed by atoms with Crippen LogP contribution in [0.3, 0.4) is 0 Å². The molecule has 2 rings (SSSR count). The van der Waals surface area contributed by atoms with Crippen LogP contribution in [-0.4, -0.2) is 30.3 Å². The Morgan fingerprint density at radius 3 is 2.76 bits per heavy atom. The number of hydrogen-bond acceptors (Lipinski definition) is 5. The van der Waals surface area contributed by atoms with Gasteiger partial charge in [-0.3, -0.25) is 0 Å². The van der Waals surface area contributed by atoms with Crippen LogP contribution in [0.15, 0.2) is 30.3 Å². The van der Waals surface area contributed by atoms with E-state index in [-0.39, 0.29) is 17.9 Å². The number of pyridine rings is 1. The lowest BCUT2D eigenvalue weighted by atomic mass is 10.1. The van der Waals surface area contributed by atoms with E-state index in [0.29, 0.717) is 17.6 Å². The predicted octanol–water partition coefficient (Wildman–Crippen LogP) is 2.79. The van der Waals surface area contributed by atoms with Crippen molar-refractivity contribution in [3.8, 4) is 0 Å². The third kappa shape index (κ3) is 3.70. The van der Waals surface area contributed by atoms with E-state index < -0.39 is 5.97 Å². The summed E-state index contributed by atoms with van der Waals surface area (Å²) in [4.78, 5) is 16.3. The number of carbonyl (C=O) groups excluding carboxylic acids is 1. The van der Waals surface area contributed by atoms with Crippen LogP contribution in [-0.2, 0) is 9.47 Å². The SMILES string of the molecule is COC(C)(C)CCOC(=O)c1cc(N)c2ccccc2n1. The van der Waals surface area contributed by atoms with Crippen molar-refractivity contribution in [3.63, 3.8) is 0 Å². The van der Waals surface area contributed by atoms with E-state index in [1.54, 1.807) is 13.2 Å². The van der Waals surface area contributed by atoms with Crippen molar-refractivity contribution < 1.29 is 14.3 Å². The van der Waals surface area contributed by atoms with Crippen LogP contribution in [0.25, 0.3) is 10.9 Å². The molecule has 0 radical (unpaired) electrons. The number of benzene rings is 1. The van der Waals surface area contributed by atoms with Gasteiger partial charge in [-0.05, 0) is 26.0 Å². The summed E-state index contributed by atoms with van der Waals surface area (Å²) in [5.41, 5.74) is 7.05. The Morgan fingerprint density at radius 2 is 2.05 bits per heavy atom. The molecule has 2 aromatic rings. The maximum absolute atomic E-state index is 12.0. The van der Waals surface area contributed by atoms with Crippen LogP contribution in [0.1, 0.15) is 30.8 Å². The molecular formula is C16H20N2O3. The van der Waals surface area contributed by atoms with E-state index in [4.69, 9.17) is 15.2 Å². The van der Waals surface area contributed by atoms with Crippen molar-refractivity contribution in [1.82, 2.24) is 4.98 Å². The fraction of sp³-hybridized carbons (Fsp3) is 0.375. The van der Waals surface area contributed by atoms with Gasteiger partial charge in [-0.2, -0.15) is 0 Å². The number of hydrogen-bond donors (Lipinski definition) is 1. The standard InChI is InChI=1S/C16H20N2O3/c1-16(2,20-3)8-9-21-15(19)14-10-12(17)11-6-4-5-7-13(11)18-14/h4-7,10H,8-9H2,1-3H3,(H2,17,18). The molecule has 5 heteroatoms. The predicted molar refractivity (Wildman–Crippen MR) is 82.1 cm³/mol. The van der Waals surface area contributed by atoms with Crippen molar-refractivity contribution in [2.75, 3.05) is 19.5 Å². The zero-order chi connectivity index (χ0) is 15.5. The number of anilines is 1. The zero-order valence-corrected chi connectivity index (χ0v) is 12.6. The van der Waals surface area contributed by atoms with Crippen LogP contribution < -0.4 is 5.73 Å². The molecule has 112 valence electrons. The van der Waals surface area contributed by atoms with Gasteiger partial charge in [0.1, 0.15) is 0 Å². The lowest BCUT2D eigenvalue weighted by Crippen LogP contribution is -2.25. The minimum atomic E-state index is -0.473. The number of esters is 1. The molecule has 0 spiro atoms. The van der Waals surface area contributed by atoms with Gasteiger partial charge in [-0.25, -0.2) is 9.78 Å². The van der Waals surface area contributed by atoms with E-state index in [9.17, 15) is 4.79 Å². The van der Waals surface area contributed by atoms with Crippen LogP contribution in [0.5, 0.6) is 0 Å². The number of methoxy groups -OCH3 is 1. The number of nitrogens with two attached hydrogens (primary N) is 1. The third-order valence-electron chi connectivity index (χ3n) is 3.45. The van der Waals surface area contributed by atoms with Gasteiger partial charge in [0.05, 0.1) is 17.7 Å². The highest BCUT2D eigenvalue weighted by Crippen LogP contribution is 2.20. The summed E-state index contributed by atoms with van der Waals surface area (Å²) in [7, 11) is 1.63. The van der Waals surface area contributed by atoms with Gasteiger partial charge in [-0.15, -0.1) is 0 Å². The average Bonchev–Trinajstić information content (AvgIpc) is 2.47. The smallest absolute Gasteiger partial charge is 0.357 e. The van der Waals surface area contributed by atoms with Crippen molar-refractivity contribution in [1.29, 1.82) is 0 Å². The molecule has 2 N–H and O–H groups in total. The van der Waals surface area contributed by atoms with Gasteiger partial charge < -0.3 is 15.2 Å². The summed E-state index contributed by atoms with van der Waals surface area (Å²) in [6, 6.07) is 8.96. The first-order chi connectivity index (χ1) is 9.93. The second-order valence-electron chi connectivity index (χ2n) is 5.46. The van der Waals surface area contributed by atoms with E-state index in [0.717, 1.165) is 5.39 Å². The molecule has 0 saturated carbocycles. The molecule has 1 aromatic heterocycles. The second kappa shape index (κ2) is 6.10. The molecule has 21 heavy (non-hydrogen) atoms. The van der Waals surface area contributed by atoms with Crippen molar-refractivity contribution in [3.05, 3.63) is 36.0 Å². The Morgan fingerprint density at radius 1 is 1.33 bits per heavy atom. The van der Waals surface area contributed by atoms with E-state index in [1.165, 1.54) is 0 Å². The Bertz CT molecular complexity index is 653. The molecular weight excluding hydrogens is 268 g/mol. The molecule has 0 bridgehead atoms. The molecule has 0 amide bonds. The summed E-state index contributed by atoms with van der Waals surface area (Å²) >= 11 is 0. The molecule has 0 fully saturated rings. The van der Waals surface area contributed by atoms with Crippen LogP contribution in [0.4, 0.5) is 5.69 Å². The third-order valence-corrected chi connectivity index (χ3v) is 3.45. The molecule has 0 aliphatic heterocycles. The van der Waals surface area contributed by atoms with Gasteiger partial charge in [0.2, 0.25) is 0 Å². The largest absolute Gasteiger partial charge is 0.461 e. The molecule has 0 aliphatic rings. The number of ether oxygens (including phenoxy) is 2. The molecule has 0 saturated heterocycles. The fourth-order valence-corrected chi connectivity index (χ4v) is 1.87. The van der Waals surface area contributed by atoms with Crippen molar-refractivity contribution in [2.45, 2.75) is 25.9 Å². The molecule has 5 nitrogen and oxygen atoms in total. The van der Waals surface area contributed by atoms with E-state index >= 15 is 0 Å². The number of nitrogens with zero attached hydrogens (tertiary/aromatic N) is 1. The van der Waals surface area contributed by atoms with Gasteiger partial charge in [-0.1, -0.05) is 18.2 Å².